The van der Waals surface area contributed by atoms with Crippen LogP contribution in [0.3, 0.4) is 0 Å². The van der Waals surface area contributed by atoms with E-state index in [1.165, 1.54) is 18.1 Å². The summed E-state index contributed by atoms with van der Waals surface area (Å²) in [4.78, 5) is 16.1. The summed E-state index contributed by atoms with van der Waals surface area (Å²) in [5, 5.41) is 2.79. The van der Waals surface area contributed by atoms with E-state index in [0.29, 0.717) is 5.82 Å². The number of aromatic nitrogens is 2. The number of aryl methyl sites for hydroxylation is 2. The Morgan fingerprint density at radius 1 is 1.26 bits per heavy atom. The standard InChI is InChI=1S/C19H23N3O4S/c1-12(23)21-16-10-27(24,25)11-17(16)22-7-6-20-19(22)15-8-13-4-3-5-14(13)9-18(15)26-2/h6-9,16-17H,3-5,10-11H2,1-2H3,(H,21,23)/t16-,17+/m0/s1. The van der Waals surface area contributed by atoms with Crippen molar-refractivity contribution in [3.05, 3.63) is 35.7 Å². The molecule has 2 aliphatic rings. The van der Waals surface area contributed by atoms with Crippen LogP contribution in [0.25, 0.3) is 11.4 Å². The molecule has 1 aromatic heterocycles. The van der Waals surface area contributed by atoms with Gasteiger partial charge in [0.15, 0.2) is 9.84 Å². The third kappa shape index (κ3) is 3.34. The van der Waals surface area contributed by atoms with Crippen LogP contribution in [0.4, 0.5) is 0 Å². The number of nitrogens with one attached hydrogen (secondary N) is 1. The normalized spacial score (nSPS) is 23.2. The molecule has 1 aromatic carbocycles. The molecule has 1 N–H and O–H groups in total. The Bertz CT molecular complexity index is 996. The maximum atomic E-state index is 12.2. The molecule has 0 bridgehead atoms. The molecule has 4 rings (SSSR count). The fourth-order valence-electron chi connectivity index (χ4n) is 4.24. The quantitative estimate of drug-likeness (QED) is 0.856. The minimum absolute atomic E-state index is 0.0193. The van der Waals surface area contributed by atoms with Crippen LogP contribution >= 0.6 is 0 Å². The zero-order valence-electron chi connectivity index (χ0n) is 15.4. The van der Waals surface area contributed by atoms with E-state index in [0.717, 1.165) is 30.6 Å². The Balaban J connectivity index is 1.78. The minimum atomic E-state index is -3.24. The molecule has 144 valence electrons. The number of hydrogen-bond donors (Lipinski definition) is 1. The van der Waals surface area contributed by atoms with E-state index in [1.54, 1.807) is 19.5 Å². The molecule has 8 heteroatoms. The van der Waals surface area contributed by atoms with Gasteiger partial charge in [-0.1, -0.05) is 0 Å². The van der Waals surface area contributed by atoms with E-state index in [9.17, 15) is 13.2 Å². The number of nitrogens with zero attached hydrogens (tertiary/aromatic N) is 2. The van der Waals surface area contributed by atoms with Crippen LogP contribution < -0.4 is 10.1 Å². The van der Waals surface area contributed by atoms with Gasteiger partial charge in [0.05, 0.1) is 36.3 Å². The summed E-state index contributed by atoms with van der Waals surface area (Å²) in [7, 11) is -1.60. The second-order valence-corrected chi connectivity index (χ2v) is 9.44. The van der Waals surface area contributed by atoms with Gasteiger partial charge in [0.25, 0.3) is 0 Å². The molecule has 1 aliphatic heterocycles. The van der Waals surface area contributed by atoms with Crippen molar-refractivity contribution in [3.8, 4) is 17.1 Å². The van der Waals surface area contributed by atoms with Gasteiger partial charge in [0.2, 0.25) is 5.91 Å². The molecule has 1 aliphatic carbocycles. The molecule has 2 aromatic rings. The van der Waals surface area contributed by atoms with Crippen LogP contribution in [0.1, 0.15) is 30.5 Å². The maximum Gasteiger partial charge on any atom is 0.217 e. The third-order valence-corrected chi connectivity index (χ3v) is 7.11. The number of amides is 1. The van der Waals surface area contributed by atoms with Crippen LogP contribution in [0.5, 0.6) is 5.75 Å². The fourth-order valence-corrected chi connectivity index (χ4v) is 6.14. The molecular formula is C19H23N3O4S. The van der Waals surface area contributed by atoms with Crippen molar-refractivity contribution in [2.75, 3.05) is 18.6 Å². The summed E-state index contributed by atoms with van der Waals surface area (Å²) < 4.78 is 32.0. The second kappa shape index (κ2) is 6.67. The van der Waals surface area contributed by atoms with Crippen molar-refractivity contribution < 1.29 is 17.9 Å². The van der Waals surface area contributed by atoms with E-state index in [-0.39, 0.29) is 17.4 Å². The highest BCUT2D eigenvalue weighted by Crippen LogP contribution is 2.37. The predicted molar refractivity (Wildman–Crippen MR) is 102 cm³/mol. The number of ether oxygens (including phenoxy) is 1. The second-order valence-electron chi connectivity index (χ2n) is 7.28. The van der Waals surface area contributed by atoms with Crippen LogP contribution in [-0.2, 0) is 27.5 Å². The Morgan fingerprint density at radius 3 is 2.70 bits per heavy atom. The van der Waals surface area contributed by atoms with Gasteiger partial charge in [-0.2, -0.15) is 0 Å². The first-order valence-corrected chi connectivity index (χ1v) is 10.9. The van der Waals surface area contributed by atoms with Crippen LogP contribution in [-0.4, -0.2) is 48.5 Å². The summed E-state index contributed by atoms with van der Waals surface area (Å²) in [5.74, 6) is 1.09. The fraction of sp³-hybridized carbons (Fsp3) is 0.474. The maximum absolute atomic E-state index is 12.2. The molecule has 7 nitrogen and oxygen atoms in total. The van der Waals surface area contributed by atoms with E-state index in [1.807, 2.05) is 4.57 Å². The van der Waals surface area contributed by atoms with Gasteiger partial charge in [-0.25, -0.2) is 13.4 Å². The number of hydrogen-bond acceptors (Lipinski definition) is 5. The zero-order valence-corrected chi connectivity index (χ0v) is 16.3. The first-order valence-electron chi connectivity index (χ1n) is 9.08. The largest absolute Gasteiger partial charge is 0.496 e. The van der Waals surface area contributed by atoms with E-state index in [2.05, 4.69) is 22.4 Å². The lowest BCUT2D eigenvalue weighted by molar-refractivity contribution is -0.119. The summed E-state index contributed by atoms with van der Waals surface area (Å²) in [6.45, 7) is 1.40. The van der Waals surface area contributed by atoms with Crippen LogP contribution in [0.15, 0.2) is 24.5 Å². The molecule has 0 saturated carbocycles. The van der Waals surface area contributed by atoms with Crippen molar-refractivity contribution in [3.63, 3.8) is 0 Å². The number of rotatable bonds is 4. The van der Waals surface area contributed by atoms with Gasteiger partial charge in [-0.15, -0.1) is 0 Å². The van der Waals surface area contributed by atoms with Gasteiger partial charge in [0, 0.05) is 19.3 Å². The van der Waals surface area contributed by atoms with Gasteiger partial charge in [0.1, 0.15) is 11.6 Å². The Morgan fingerprint density at radius 2 is 2.00 bits per heavy atom. The van der Waals surface area contributed by atoms with Gasteiger partial charge in [-0.3, -0.25) is 4.79 Å². The highest BCUT2D eigenvalue weighted by atomic mass is 32.2. The molecule has 2 atom stereocenters. The number of imidazole rings is 1. The lowest BCUT2D eigenvalue weighted by Crippen LogP contribution is -2.39. The van der Waals surface area contributed by atoms with Gasteiger partial charge < -0.3 is 14.6 Å². The number of carbonyl (C=O) groups excluding carboxylic acids is 1. The van der Waals surface area contributed by atoms with E-state index < -0.39 is 21.9 Å². The number of sulfone groups is 1. The molecule has 0 unspecified atom stereocenters. The average molecular weight is 389 g/mol. The lowest BCUT2D eigenvalue weighted by atomic mass is 10.0. The summed E-state index contributed by atoms with van der Waals surface area (Å²) in [6, 6.07) is 3.31. The van der Waals surface area contributed by atoms with Gasteiger partial charge in [-0.05, 0) is 42.5 Å². The molecule has 1 saturated heterocycles. The first-order chi connectivity index (χ1) is 12.9. The molecule has 1 fully saturated rings. The van der Waals surface area contributed by atoms with Crippen molar-refractivity contribution >= 4 is 15.7 Å². The summed E-state index contributed by atoms with van der Waals surface area (Å²) in [6.07, 6.45) is 6.65. The van der Waals surface area contributed by atoms with Crippen LogP contribution in [0, 0.1) is 0 Å². The monoisotopic (exact) mass is 389 g/mol. The smallest absolute Gasteiger partial charge is 0.217 e. The molecule has 27 heavy (non-hydrogen) atoms. The average Bonchev–Trinajstić information content (AvgIpc) is 3.30. The van der Waals surface area contributed by atoms with Gasteiger partial charge >= 0.3 is 0 Å². The Kier molecular flexibility index (Phi) is 4.46. The zero-order chi connectivity index (χ0) is 19.2. The van der Waals surface area contributed by atoms with Crippen molar-refractivity contribution in [1.82, 2.24) is 14.9 Å². The Hall–Kier alpha value is -2.35. The number of benzene rings is 1. The van der Waals surface area contributed by atoms with Crippen molar-refractivity contribution in [1.29, 1.82) is 0 Å². The summed E-state index contributed by atoms with van der Waals surface area (Å²) in [5.41, 5.74) is 3.44. The topological polar surface area (TPSA) is 90.3 Å². The SMILES string of the molecule is COc1cc2c(cc1-c1nccn1[C@@H]1CS(=O)(=O)C[C@@H]1NC(C)=O)CCC2. The third-order valence-electron chi connectivity index (χ3n) is 5.39. The van der Waals surface area contributed by atoms with Crippen molar-refractivity contribution in [2.45, 2.75) is 38.3 Å². The molecule has 1 amide bonds. The summed E-state index contributed by atoms with van der Waals surface area (Å²) >= 11 is 0. The first kappa shape index (κ1) is 18.0. The highest BCUT2D eigenvalue weighted by molar-refractivity contribution is 7.91. The highest BCUT2D eigenvalue weighted by Gasteiger charge is 2.40. The number of methoxy groups -OCH3 is 1. The number of carbonyl (C=O) groups is 1. The number of fused-ring (bicyclic) bond motifs is 1. The lowest BCUT2D eigenvalue weighted by Gasteiger charge is -2.23. The van der Waals surface area contributed by atoms with E-state index in [4.69, 9.17) is 4.74 Å². The molecular weight excluding hydrogens is 366 g/mol. The molecule has 0 radical (unpaired) electrons. The minimum Gasteiger partial charge on any atom is -0.496 e. The molecule has 2 heterocycles. The van der Waals surface area contributed by atoms with E-state index >= 15 is 0 Å². The predicted octanol–water partition coefficient (Wildman–Crippen LogP) is 1.52. The Labute approximate surface area is 158 Å². The van der Waals surface area contributed by atoms with Crippen molar-refractivity contribution in [2.24, 2.45) is 0 Å². The van der Waals surface area contributed by atoms with Crippen LogP contribution in [0.2, 0.25) is 0 Å². The molecule has 0 spiro atoms.